The highest BCUT2D eigenvalue weighted by Crippen LogP contribution is 2.17. The molecule has 15 heavy (non-hydrogen) atoms. The quantitative estimate of drug-likeness (QED) is 0.830. The first-order valence-corrected chi connectivity index (χ1v) is 5.19. The number of aliphatic hydroxyl groups excluding tert-OH is 1. The molecule has 1 amide bonds. The molecule has 0 atom stereocenters. The lowest BCUT2D eigenvalue weighted by Gasteiger charge is -2.17. The van der Waals surface area contributed by atoms with Crippen molar-refractivity contribution in [3.8, 4) is 0 Å². The highest BCUT2D eigenvalue weighted by atomic mass is 35.5. The third-order valence-corrected chi connectivity index (χ3v) is 2.40. The van der Waals surface area contributed by atoms with Crippen LogP contribution in [0.15, 0.2) is 24.3 Å². The molecule has 1 aromatic rings. The van der Waals surface area contributed by atoms with E-state index in [0.717, 1.165) is 5.56 Å². The van der Waals surface area contributed by atoms with E-state index < -0.39 is 4.84 Å². The molecule has 1 rings (SSSR count). The number of alkyl halides is 2. The van der Waals surface area contributed by atoms with Gasteiger partial charge in [-0.1, -0.05) is 35.3 Å². The number of amides is 1. The Balaban J connectivity index is 2.82. The Morgan fingerprint density at radius 2 is 1.93 bits per heavy atom. The zero-order valence-electron chi connectivity index (χ0n) is 8.15. The lowest BCUT2D eigenvalue weighted by atomic mass is 10.2. The molecule has 3 nitrogen and oxygen atoms in total. The molecule has 0 saturated carbocycles. The monoisotopic (exact) mass is 247 g/mol. The van der Waals surface area contributed by atoms with E-state index in [1.165, 1.54) is 4.90 Å². The van der Waals surface area contributed by atoms with Crippen LogP contribution in [0.2, 0.25) is 0 Å². The van der Waals surface area contributed by atoms with Crippen LogP contribution in [0.3, 0.4) is 0 Å². The van der Waals surface area contributed by atoms with Gasteiger partial charge in [0.05, 0.1) is 6.61 Å². The van der Waals surface area contributed by atoms with Crippen LogP contribution in [0.25, 0.3) is 0 Å². The van der Waals surface area contributed by atoms with Gasteiger partial charge < -0.3 is 10.0 Å². The molecular formula is C10H11Cl2NO2. The molecule has 0 heterocycles. The summed E-state index contributed by atoms with van der Waals surface area (Å²) in [5, 5.41) is 8.84. The van der Waals surface area contributed by atoms with Gasteiger partial charge in [-0.3, -0.25) is 4.79 Å². The van der Waals surface area contributed by atoms with Crippen LogP contribution in [0.5, 0.6) is 0 Å². The van der Waals surface area contributed by atoms with Crippen molar-refractivity contribution < 1.29 is 9.90 Å². The van der Waals surface area contributed by atoms with Crippen molar-refractivity contribution in [2.45, 2.75) is 11.4 Å². The van der Waals surface area contributed by atoms with E-state index in [1.807, 2.05) is 0 Å². The summed E-state index contributed by atoms with van der Waals surface area (Å²) in [4.78, 5) is 11.7. The Morgan fingerprint density at radius 3 is 2.33 bits per heavy atom. The maximum Gasteiger partial charge on any atom is 0.260 e. The number of anilines is 1. The van der Waals surface area contributed by atoms with Crippen molar-refractivity contribution in [3.63, 3.8) is 0 Å². The van der Waals surface area contributed by atoms with Crippen LogP contribution in [-0.4, -0.2) is 22.9 Å². The molecule has 0 aliphatic carbocycles. The van der Waals surface area contributed by atoms with Gasteiger partial charge in [0.1, 0.15) is 0 Å². The van der Waals surface area contributed by atoms with Crippen LogP contribution >= 0.6 is 23.2 Å². The second-order valence-electron chi connectivity index (χ2n) is 3.02. The molecule has 0 fully saturated rings. The van der Waals surface area contributed by atoms with Gasteiger partial charge in [0.25, 0.3) is 5.91 Å². The third kappa shape index (κ3) is 3.09. The molecule has 0 bridgehead atoms. The fourth-order valence-corrected chi connectivity index (χ4v) is 1.39. The average Bonchev–Trinajstić information content (AvgIpc) is 2.27. The van der Waals surface area contributed by atoms with Crippen LogP contribution in [-0.2, 0) is 11.4 Å². The van der Waals surface area contributed by atoms with E-state index in [0.29, 0.717) is 5.69 Å². The highest BCUT2D eigenvalue weighted by molar-refractivity contribution is 6.54. The number of nitrogens with zero attached hydrogens (tertiary/aromatic N) is 1. The molecule has 0 spiro atoms. The molecule has 0 aromatic heterocycles. The van der Waals surface area contributed by atoms with Crippen molar-refractivity contribution >= 4 is 34.8 Å². The summed E-state index contributed by atoms with van der Waals surface area (Å²) in [6, 6.07) is 6.91. The van der Waals surface area contributed by atoms with E-state index in [-0.39, 0.29) is 12.5 Å². The molecule has 0 aliphatic rings. The fraction of sp³-hybridized carbons (Fsp3) is 0.300. The summed E-state index contributed by atoms with van der Waals surface area (Å²) >= 11 is 10.9. The van der Waals surface area contributed by atoms with Crippen molar-refractivity contribution in [2.75, 3.05) is 11.9 Å². The second-order valence-corrected chi connectivity index (χ2v) is 4.12. The maximum absolute atomic E-state index is 11.4. The number of benzene rings is 1. The normalized spacial score (nSPS) is 10.5. The van der Waals surface area contributed by atoms with Crippen LogP contribution in [0, 0.1) is 0 Å². The van der Waals surface area contributed by atoms with Crippen molar-refractivity contribution in [2.24, 2.45) is 0 Å². The Labute approximate surface area is 98.2 Å². The van der Waals surface area contributed by atoms with E-state index in [9.17, 15) is 4.79 Å². The molecule has 82 valence electrons. The summed E-state index contributed by atoms with van der Waals surface area (Å²) in [5.41, 5.74) is 1.47. The van der Waals surface area contributed by atoms with E-state index in [2.05, 4.69) is 0 Å². The Kier molecular flexibility index (Phi) is 4.39. The summed E-state index contributed by atoms with van der Waals surface area (Å²) in [6.45, 7) is -0.0222. The Hall–Kier alpha value is -0.770. The number of hydrogen-bond donors (Lipinski definition) is 1. The molecule has 1 N–H and O–H groups in total. The van der Waals surface area contributed by atoms with Gasteiger partial charge in [-0.25, -0.2) is 0 Å². The number of rotatable bonds is 3. The number of carbonyl (C=O) groups is 1. The number of aliphatic hydroxyl groups is 1. The predicted octanol–water partition coefficient (Wildman–Crippen LogP) is 1.95. The number of halogens is 2. The van der Waals surface area contributed by atoms with Crippen molar-refractivity contribution in [1.82, 2.24) is 0 Å². The summed E-state index contributed by atoms with van der Waals surface area (Å²) in [6.07, 6.45) is 0. The van der Waals surface area contributed by atoms with Gasteiger partial charge >= 0.3 is 0 Å². The highest BCUT2D eigenvalue weighted by Gasteiger charge is 2.17. The second kappa shape index (κ2) is 5.35. The largest absolute Gasteiger partial charge is 0.392 e. The maximum atomic E-state index is 11.4. The van der Waals surface area contributed by atoms with Crippen molar-refractivity contribution in [3.05, 3.63) is 29.8 Å². The van der Waals surface area contributed by atoms with E-state index >= 15 is 0 Å². The van der Waals surface area contributed by atoms with Crippen LogP contribution in [0.4, 0.5) is 5.69 Å². The van der Waals surface area contributed by atoms with Gasteiger partial charge in [0.2, 0.25) is 0 Å². The zero-order valence-corrected chi connectivity index (χ0v) is 9.66. The molecule has 0 radical (unpaired) electrons. The predicted molar refractivity (Wildman–Crippen MR) is 61.3 cm³/mol. The van der Waals surface area contributed by atoms with Crippen LogP contribution < -0.4 is 4.90 Å². The zero-order chi connectivity index (χ0) is 11.4. The first-order valence-electron chi connectivity index (χ1n) is 4.31. The minimum Gasteiger partial charge on any atom is -0.392 e. The lowest BCUT2D eigenvalue weighted by Crippen LogP contribution is -2.30. The van der Waals surface area contributed by atoms with Gasteiger partial charge in [-0.15, -0.1) is 0 Å². The summed E-state index contributed by atoms with van der Waals surface area (Å²) < 4.78 is 0. The molecule has 1 aromatic carbocycles. The molecular weight excluding hydrogens is 237 g/mol. The molecule has 0 aliphatic heterocycles. The van der Waals surface area contributed by atoms with Gasteiger partial charge in [-0.05, 0) is 17.7 Å². The number of carbonyl (C=O) groups excluding carboxylic acids is 1. The molecule has 0 saturated heterocycles. The molecule has 0 unspecified atom stereocenters. The Morgan fingerprint density at radius 1 is 1.40 bits per heavy atom. The summed E-state index contributed by atoms with van der Waals surface area (Å²) in [5.74, 6) is -0.380. The average molecular weight is 248 g/mol. The van der Waals surface area contributed by atoms with Crippen LogP contribution in [0.1, 0.15) is 5.56 Å². The first kappa shape index (κ1) is 12.3. The molecule has 5 heteroatoms. The van der Waals surface area contributed by atoms with E-state index in [4.69, 9.17) is 28.3 Å². The van der Waals surface area contributed by atoms with Gasteiger partial charge in [-0.2, -0.15) is 0 Å². The first-order chi connectivity index (χ1) is 7.06. The van der Waals surface area contributed by atoms with Gasteiger partial charge in [0, 0.05) is 12.7 Å². The fourth-order valence-electron chi connectivity index (χ4n) is 1.10. The summed E-state index contributed by atoms with van der Waals surface area (Å²) in [7, 11) is 1.59. The van der Waals surface area contributed by atoms with E-state index in [1.54, 1.807) is 31.3 Å². The minimum atomic E-state index is -1.06. The third-order valence-electron chi connectivity index (χ3n) is 2.02. The SMILES string of the molecule is CN(C(=O)C(Cl)Cl)c1ccc(CO)cc1. The smallest absolute Gasteiger partial charge is 0.260 e. The topological polar surface area (TPSA) is 40.5 Å². The lowest BCUT2D eigenvalue weighted by molar-refractivity contribution is -0.116. The number of hydrogen-bond acceptors (Lipinski definition) is 2. The minimum absolute atomic E-state index is 0.0222. The Bertz CT molecular complexity index is 338. The standard InChI is InChI=1S/C10H11Cl2NO2/c1-13(10(15)9(11)12)8-4-2-7(6-14)3-5-8/h2-5,9,14H,6H2,1H3. The van der Waals surface area contributed by atoms with Gasteiger partial charge in [0.15, 0.2) is 4.84 Å². The van der Waals surface area contributed by atoms with Crippen molar-refractivity contribution in [1.29, 1.82) is 0 Å².